The van der Waals surface area contributed by atoms with Crippen LogP contribution in [0.2, 0.25) is 0 Å². The van der Waals surface area contributed by atoms with E-state index in [0.717, 1.165) is 12.3 Å². The van der Waals surface area contributed by atoms with E-state index in [4.69, 9.17) is 10.5 Å². The molecule has 2 rings (SSSR count). The van der Waals surface area contributed by atoms with Crippen molar-refractivity contribution in [1.29, 1.82) is 0 Å². The first-order valence-electron chi connectivity index (χ1n) is 7.11. The minimum atomic E-state index is -0.594. The molecular weight excluding hydrogens is 240 g/mol. The van der Waals surface area contributed by atoms with Crippen LogP contribution in [0.4, 0.5) is 0 Å². The number of nitrogens with two attached hydrogens (primary N) is 1. The van der Waals surface area contributed by atoms with Crippen molar-refractivity contribution < 1.29 is 9.84 Å². The van der Waals surface area contributed by atoms with Crippen molar-refractivity contribution in [3.63, 3.8) is 0 Å². The predicted octanol–water partition coefficient (Wildman–Crippen LogP) is 1.37. The lowest BCUT2D eigenvalue weighted by molar-refractivity contribution is 0.112. The summed E-state index contributed by atoms with van der Waals surface area (Å²) in [4.78, 5) is 2.46. The number of piperidine rings is 1. The first-order valence-corrected chi connectivity index (χ1v) is 7.11. The molecule has 0 aromatic heterocycles. The van der Waals surface area contributed by atoms with Gasteiger partial charge in [-0.05, 0) is 32.0 Å². The molecule has 106 valence electrons. The van der Waals surface area contributed by atoms with Gasteiger partial charge in [0.1, 0.15) is 18.5 Å². The Bertz CT molecular complexity index is 378. The Morgan fingerprint density at radius 1 is 1.21 bits per heavy atom. The quantitative estimate of drug-likeness (QED) is 0.815. The van der Waals surface area contributed by atoms with Gasteiger partial charge in [-0.25, -0.2) is 0 Å². The van der Waals surface area contributed by atoms with Crippen molar-refractivity contribution in [1.82, 2.24) is 4.90 Å². The number of likely N-dealkylation sites (tertiary alicyclic amines) is 1. The summed E-state index contributed by atoms with van der Waals surface area (Å²) < 4.78 is 5.67. The first-order chi connectivity index (χ1) is 9.29. The van der Waals surface area contributed by atoms with Crippen LogP contribution in [0.1, 0.15) is 24.8 Å². The molecule has 3 N–H and O–H groups in total. The molecule has 1 aliphatic rings. The van der Waals surface area contributed by atoms with Crippen molar-refractivity contribution in [2.24, 2.45) is 5.73 Å². The Labute approximate surface area is 115 Å². The molecule has 0 saturated carbocycles. The highest BCUT2D eigenvalue weighted by molar-refractivity contribution is 5.33. The highest BCUT2D eigenvalue weighted by Gasteiger charge is 2.13. The van der Waals surface area contributed by atoms with Crippen LogP contribution in [0, 0.1) is 0 Å². The molecule has 4 heteroatoms. The Morgan fingerprint density at radius 3 is 2.68 bits per heavy atom. The van der Waals surface area contributed by atoms with E-state index in [1.165, 1.54) is 37.9 Å². The van der Waals surface area contributed by atoms with Crippen LogP contribution in [0.25, 0.3) is 0 Å². The zero-order valence-electron chi connectivity index (χ0n) is 11.4. The summed E-state index contributed by atoms with van der Waals surface area (Å²) in [5.74, 6) is 0.862. The highest BCUT2D eigenvalue weighted by Crippen LogP contribution is 2.21. The fraction of sp³-hybridized carbons (Fsp3) is 0.600. The Morgan fingerprint density at radius 2 is 1.95 bits per heavy atom. The van der Waals surface area contributed by atoms with Gasteiger partial charge < -0.3 is 15.6 Å². The van der Waals surface area contributed by atoms with Crippen molar-refractivity contribution in [2.45, 2.75) is 31.9 Å². The maximum Gasteiger partial charge on any atom is 0.123 e. The van der Waals surface area contributed by atoms with Gasteiger partial charge in [0.2, 0.25) is 0 Å². The monoisotopic (exact) mass is 264 g/mol. The van der Waals surface area contributed by atoms with Crippen LogP contribution in [0.15, 0.2) is 24.3 Å². The van der Waals surface area contributed by atoms with Crippen molar-refractivity contribution >= 4 is 0 Å². The zero-order chi connectivity index (χ0) is 13.5. The second-order valence-electron chi connectivity index (χ2n) is 5.15. The molecule has 19 heavy (non-hydrogen) atoms. The Balaban J connectivity index is 1.94. The number of nitrogens with zero attached hydrogens (tertiary/aromatic N) is 1. The van der Waals surface area contributed by atoms with Gasteiger partial charge in [-0.3, -0.25) is 4.90 Å². The van der Waals surface area contributed by atoms with Gasteiger partial charge >= 0.3 is 0 Å². The van der Waals surface area contributed by atoms with E-state index in [1.54, 1.807) is 0 Å². The lowest BCUT2D eigenvalue weighted by Crippen LogP contribution is -2.30. The molecule has 1 aromatic rings. The molecule has 0 radical (unpaired) electrons. The molecule has 1 aliphatic heterocycles. The molecule has 1 heterocycles. The van der Waals surface area contributed by atoms with E-state index < -0.39 is 6.10 Å². The van der Waals surface area contributed by atoms with Gasteiger partial charge in [-0.1, -0.05) is 24.6 Å². The molecule has 1 atom stereocenters. The van der Waals surface area contributed by atoms with E-state index in [0.29, 0.717) is 0 Å². The standard InChI is InChI=1S/C15H24N2O2/c16-10-14(18)12-19-15-7-3-2-6-13(15)11-17-8-4-1-5-9-17/h2-3,6-7,14,18H,1,4-5,8-12,16H2. The first kappa shape index (κ1) is 14.3. The second kappa shape index (κ2) is 7.48. The van der Waals surface area contributed by atoms with Crippen LogP contribution in [-0.4, -0.2) is 42.4 Å². The Hall–Kier alpha value is -1.10. The normalized spacial score (nSPS) is 18.2. The number of hydrogen-bond donors (Lipinski definition) is 2. The number of aliphatic hydroxyl groups is 1. The lowest BCUT2D eigenvalue weighted by Gasteiger charge is -2.27. The molecule has 1 fully saturated rings. The molecule has 0 amide bonds. The molecule has 0 spiro atoms. The maximum absolute atomic E-state index is 9.47. The van der Waals surface area contributed by atoms with E-state index in [2.05, 4.69) is 11.0 Å². The molecular formula is C15H24N2O2. The van der Waals surface area contributed by atoms with Gasteiger partial charge in [0.25, 0.3) is 0 Å². The van der Waals surface area contributed by atoms with Crippen molar-refractivity contribution in [3.05, 3.63) is 29.8 Å². The summed E-state index contributed by atoms with van der Waals surface area (Å²) in [5.41, 5.74) is 6.57. The minimum absolute atomic E-state index is 0.230. The zero-order valence-corrected chi connectivity index (χ0v) is 11.4. The average Bonchev–Trinajstić information content (AvgIpc) is 2.47. The van der Waals surface area contributed by atoms with Crippen LogP contribution in [0.5, 0.6) is 5.75 Å². The third kappa shape index (κ3) is 4.49. The number of hydrogen-bond acceptors (Lipinski definition) is 4. The van der Waals surface area contributed by atoms with Crippen LogP contribution in [0.3, 0.4) is 0 Å². The predicted molar refractivity (Wildman–Crippen MR) is 76.1 cm³/mol. The van der Waals surface area contributed by atoms with Gasteiger partial charge in [0, 0.05) is 18.7 Å². The van der Waals surface area contributed by atoms with E-state index in [1.807, 2.05) is 18.2 Å². The minimum Gasteiger partial charge on any atom is -0.491 e. The van der Waals surface area contributed by atoms with Crippen molar-refractivity contribution in [3.8, 4) is 5.75 Å². The fourth-order valence-corrected chi connectivity index (χ4v) is 2.39. The molecule has 1 saturated heterocycles. The average molecular weight is 264 g/mol. The summed E-state index contributed by atoms with van der Waals surface area (Å²) in [5, 5.41) is 9.47. The smallest absolute Gasteiger partial charge is 0.123 e. The van der Waals surface area contributed by atoms with Gasteiger partial charge in [0.15, 0.2) is 0 Å². The molecule has 1 unspecified atom stereocenters. The van der Waals surface area contributed by atoms with Crippen LogP contribution >= 0.6 is 0 Å². The summed E-state index contributed by atoms with van der Waals surface area (Å²) >= 11 is 0. The Kier molecular flexibility index (Phi) is 5.63. The summed E-state index contributed by atoms with van der Waals surface area (Å²) in [6.45, 7) is 3.75. The topological polar surface area (TPSA) is 58.7 Å². The van der Waals surface area contributed by atoms with E-state index >= 15 is 0 Å². The van der Waals surface area contributed by atoms with Crippen LogP contribution < -0.4 is 10.5 Å². The third-order valence-electron chi connectivity index (χ3n) is 3.52. The third-order valence-corrected chi connectivity index (χ3v) is 3.52. The number of ether oxygens (including phenoxy) is 1. The summed E-state index contributed by atoms with van der Waals surface area (Å²) in [6, 6.07) is 8.05. The van der Waals surface area contributed by atoms with Gasteiger partial charge in [-0.15, -0.1) is 0 Å². The second-order valence-corrected chi connectivity index (χ2v) is 5.15. The SMILES string of the molecule is NCC(O)COc1ccccc1CN1CCCCC1. The highest BCUT2D eigenvalue weighted by atomic mass is 16.5. The fourth-order valence-electron chi connectivity index (χ4n) is 2.39. The molecule has 0 aliphatic carbocycles. The van der Waals surface area contributed by atoms with E-state index in [9.17, 15) is 5.11 Å². The number of rotatable bonds is 6. The molecule has 1 aromatic carbocycles. The van der Waals surface area contributed by atoms with Crippen LogP contribution in [-0.2, 0) is 6.54 Å². The largest absolute Gasteiger partial charge is 0.491 e. The van der Waals surface area contributed by atoms with E-state index in [-0.39, 0.29) is 13.2 Å². The summed E-state index contributed by atoms with van der Waals surface area (Å²) in [6.07, 6.45) is 3.32. The van der Waals surface area contributed by atoms with Gasteiger partial charge in [0.05, 0.1) is 0 Å². The number of para-hydroxylation sites is 1. The maximum atomic E-state index is 9.47. The molecule has 0 bridgehead atoms. The number of aliphatic hydroxyl groups excluding tert-OH is 1. The summed E-state index contributed by atoms with van der Waals surface area (Å²) in [7, 11) is 0. The lowest BCUT2D eigenvalue weighted by atomic mass is 10.1. The van der Waals surface area contributed by atoms with Gasteiger partial charge in [-0.2, -0.15) is 0 Å². The van der Waals surface area contributed by atoms with Crippen molar-refractivity contribution in [2.75, 3.05) is 26.2 Å². The number of benzene rings is 1. The molecule has 4 nitrogen and oxygen atoms in total.